The van der Waals surface area contributed by atoms with Crippen LogP contribution in [0.4, 0.5) is 5.69 Å². The first kappa shape index (κ1) is 14.0. The molecule has 21 heavy (non-hydrogen) atoms. The zero-order valence-electron chi connectivity index (χ0n) is 12.5. The summed E-state index contributed by atoms with van der Waals surface area (Å²) >= 11 is 0. The number of hydrogen-bond acceptors (Lipinski definition) is 2. The number of fused-ring (bicyclic) bond motifs is 1. The number of aryl methyl sites for hydroxylation is 1. The molecule has 0 amide bonds. The molecule has 3 rings (SSSR count). The second-order valence-electron chi connectivity index (χ2n) is 5.38. The molecule has 108 valence electrons. The van der Waals surface area contributed by atoms with Crippen molar-refractivity contribution < 1.29 is 4.74 Å². The average Bonchev–Trinajstić information content (AvgIpc) is 2.55. The molecule has 1 aliphatic carbocycles. The smallest absolute Gasteiger partial charge is 0.0633 e. The molecule has 2 aromatic carbocycles. The molecule has 0 N–H and O–H groups in total. The maximum absolute atomic E-state index is 5.68. The molecule has 2 nitrogen and oxygen atoms in total. The van der Waals surface area contributed by atoms with Crippen molar-refractivity contribution in [2.24, 2.45) is 10.9 Å². The minimum atomic E-state index is 0.389. The van der Waals surface area contributed by atoms with Gasteiger partial charge in [0.2, 0.25) is 0 Å². The van der Waals surface area contributed by atoms with Crippen LogP contribution in [0.25, 0.3) is 0 Å². The van der Waals surface area contributed by atoms with Gasteiger partial charge in [0.1, 0.15) is 0 Å². The van der Waals surface area contributed by atoms with E-state index in [4.69, 9.17) is 9.73 Å². The van der Waals surface area contributed by atoms with Crippen LogP contribution in [0.2, 0.25) is 0 Å². The van der Waals surface area contributed by atoms with Crippen molar-refractivity contribution >= 4 is 11.4 Å². The number of hydrogen-bond donors (Lipinski definition) is 0. The maximum Gasteiger partial charge on any atom is 0.0633 e. The van der Waals surface area contributed by atoms with Crippen LogP contribution in [-0.2, 0) is 11.2 Å². The molecule has 2 heteroatoms. The first-order valence-corrected chi connectivity index (χ1v) is 7.68. The molecule has 0 saturated heterocycles. The lowest BCUT2D eigenvalue weighted by molar-refractivity contribution is 0.126. The summed E-state index contributed by atoms with van der Waals surface area (Å²) < 4.78 is 5.68. The zero-order chi connectivity index (χ0) is 14.5. The van der Waals surface area contributed by atoms with Crippen molar-refractivity contribution in [3.8, 4) is 0 Å². The molecule has 1 aliphatic rings. The molecular formula is C19H21NO. The van der Waals surface area contributed by atoms with Crippen LogP contribution < -0.4 is 0 Å². The van der Waals surface area contributed by atoms with Gasteiger partial charge in [0, 0.05) is 12.5 Å². The zero-order valence-corrected chi connectivity index (χ0v) is 12.5. The third kappa shape index (κ3) is 3.22. The third-order valence-electron chi connectivity index (χ3n) is 3.97. The molecule has 0 heterocycles. The van der Waals surface area contributed by atoms with E-state index in [1.54, 1.807) is 0 Å². The number of nitrogens with zero attached hydrogens (tertiary/aromatic N) is 1. The Morgan fingerprint density at radius 3 is 2.62 bits per heavy atom. The number of aliphatic imine (C=N–C) groups is 1. The van der Waals surface area contributed by atoms with Gasteiger partial charge in [-0.25, -0.2) is 0 Å². The van der Waals surface area contributed by atoms with Crippen LogP contribution in [-0.4, -0.2) is 18.9 Å². The first-order valence-electron chi connectivity index (χ1n) is 7.68. The van der Waals surface area contributed by atoms with E-state index in [1.807, 2.05) is 25.1 Å². The van der Waals surface area contributed by atoms with E-state index in [0.29, 0.717) is 5.92 Å². The lowest BCUT2D eigenvalue weighted by Crippen LogP contribution is -2.27. The van der Waals surface area contributed by atoms with Gasteiger partial charge in [-0.1, -0.05) is 42.5 Å². The fourth-order valence-corrected chi connectivity index (χ4v) is 2.89. The Morgan fingerprint density at radius 2 is 1.81 bits per heavy atom. The van der Waals surface area contributed by atoms with E-state index < -0.39 is 0 Å². The summed E-state index contributed by atoms with van der Waals surface area (Å²) in [6.45, 7) is 3.57. The standard InChI is InChI=1S/C19H21NO/c1-2-21-14-16-13-12-15-8-6-7-11-18(15)19(16)20-17-9-4-3-5-10-17/h3-11,16H,2,12-14H2,1H3/b20-19+. The van der Waals surface area contributed by atoms with Gasteiger partial charge >= 0.3 is 0 Å². The molecular weight excluding hydrogens is 258 g/mol. The molecule has 0 saturated carbocycles. The van der Waals surface area contributed by atoms with Crippen molar-refractivity contribution in [3.63, 3.8) is 0 Å². The minimum absolute atomic E-state index is 0.389. The van der Waals surface area contributed by atoms with Gasteiger partial charge in [-0.3, -0.25) is 4.99 Å². The monoisotopic (exact) mass is 279 g/mol. The third-order valence-corrected chi connectivity index (χ3v) is 3.97. The predicted octanol–water partition coefficient (Wildman–Crippen LogP) is 4.41. The van der Waals surface area contributed by atoms with Gasteiger partial charge in [-0.15, -0.1) is 0 Å². The molecule has 0 spiro atoms. The summed E-state index contributed by atoms with van der Waals surface area (Å²) in [5.74, 6) is 0.389. The van der Waals surface area contributed by atoms with Crippen molar-refractivity contribution in [1.29, 1.82) is 0 Å². The number of ether oxygens (including phenoxy) is 1. The van der Waals surface area contributed by atoms with E-state index in [2.05, 4.69) is 36.4 Å². The quantitative estimate of drug-likeness (QED) is 0.812. The topological polar surface area (TPSA) is 21.6 Å². The maximum atomic E-state index is 5.68. The van der Waals surface area contributed by atoms with Gasteiger partial charge in [-0.2, -0.15) is 0 Å². The summed E-state index contributed by atoms with van der Waals surface area (Å²) in [4.78, 5) is 4.93. The highest BCUT2D eigenvalue weighted by Gasteiger charge is 2.25. The summed E-state index contributed by atoms with van der Waals surface area (Å²) in [6, 6.07) is 18.8. The van der Waals surface area contributed by atoms with Gasteiger partial charge in [0.05, 0.1) is 18.0 Å². The van der Waals surface area contributed by atoms with Crippen LogP contribution in [0, 0.1) is 5.92 Å². The van der Waals surface area contributed by atoms with Gasteiger partial charge < -0.3 is 4.74 Å². The van der Waals surface area contributed by atoms with E-state index in [0.717, 1.165) is 31.7 Å². The summed E-state index contributed by atoms with van der Waals surface area (Å²) in [5.41, 5.74) is 4.89. The minimum Gasteiger partial charge on any atom is -0.381 e. The molecule has 0 bridgehead atoms. The lowest BCUT2D eigenvalue weighted by Gasteiger charge is -2.26. The molecule has 0 radical (unpaired) electrons. The number of benzene rings is 2. The average molecular weight is 279 g/mol. The van der Waals surface area contributed by atoms with Crippen LogP contribution >= 0.6 is 0 Å². The van der Waals surface area contributed by atoms with Crippen LogP contribution in [0.15, 0.2) is 59.6 Å². The van der Waals surface area contributed by atoms with Crippen molar-refractivity contribution in [2.75, 3.05) is 13.2 Å². The van der Waals surface area contributed by atoms with Crippen molar-refractivity contribution in [1.82, 2.24) is 0 Å². The highest BCUT2D eigenvalue weighted by Crippen LogP contribution is 2.28. The second kappa shape index (κ2) is 6.68. The highest BCUT2D eigenvalue weighted by atomic mass is 16.5. The normalized spacial score (nSPS) is 19.5. The summed E-state index contributed by atoms with van der Waals surface area (Å²) in [7, 11) is 0. The fourth-order valence-electron chi connectivity index (χ4n) is 2.89. The number of rotatable bonds is 4. The van der Waals surface area contributed by atoms with Crippen molar-refractivity contribution in [3.05, 3.63) is 65.7 Å². The molecule has 0 aliphatic heterocycles. The van der Waals surface area contributed by atoms with E-state index >= 15 is 0 Å². The summed E-state index contributed by atoms with van der Waals surface area (Å²) in [6.07, 6.45) is 2.23. The van der Waals surface area contributed by atoms with Gasteiger partial charge in [0.15, 0.2) is 0 Å². The molecule has 2 aromatic rings. The molecule has 0 fully saturated rings. The fraction of sp³-hybridized carbons (Fsp3) is 0.316. The Bertz CT molecular complexity index is 618. The van der Waals surface area contributed by atoms with E-state index in [9.17, 15) is 0 Å². The second-order valence-corrected chi connectivity index (χ2v) is 5.38. The largest absolute Gasteiger partial charge is 0.381 e. The van der Waals surface area contributed by atoms with Crippen LogP contribution in [0.5, 0.6) is 0 Å². The Labute approximate surface area is 126 Å². The lowest BCUT2D eigenvalue weighted by atomic mass is 9.82. The Balaban J connectivity index is 2.00. The highest BCUT2D eigenvalue weighted by molar-refractivity contribution is 6.05. The van der Waals surface area contributed by atoms with E-state index in [1.165, 1.54) is 16.8 Å². The Morgan fingerprint density at radius 1 is 1.05 bits per heavy atom. The summed E-state index contributed by atoms with van der Waals surface area (Å²) in [5, 5.41) is 0. The van der Waals surface area contributed by atoms with E-state index in [-0.39, 0.29) is 0 Å². The predicted molar refractivity (Wildman–Crippen MR) is 87.4 cm³/mol. The van der Waals surface area contributed by atoms with Crippen LogP contribution in [0.1, 0.15) is 24.5 Å². The Kier molecular flexibility index (Phi) is 4.46. The number of para-hydroxylation sites is 1. The molecule has 1 atom stereocenters. The molecule has 1 unspecified atom stereocenters. The SMILES string of the molecule is CCOCC1CCc2ccccc2/C1=N/c1ccccc1. The van der Waals surface area contributed by atoms with Crippen molar-refractivity contribution in [2.45, 2.75) is 19.8 Å². The Hall–Kier alpha value is -1.93. The van der Waals surface area contributed by atoms with Crippen LogP contribution in [0.3, 0.4) is 0 Å². The van der Waals surface area contributed by atoms with Gasteiger partial charge in [0.25, 0.3) is 0 Å². The first-order chi connectivity index (χ1) is 10.4. The molecule has 0 aromatic heterocycles. The van der Waals surface area contributed by atoms with Gasteiger partial charge in [-0.05, 0) is 43.0 Å².